The molecule has 0 aromatic heterocycles. The molecule has 0 aliphatic carbocycles. The molecule has 0 saturated carbocycles. The van der Waals surface area contributed by atoms with Gasteiger partial charge in [0.15, 0.2) is 6.10 Å². The van der Waals surface area contributed by atoms with Gasteiger partial charge < -0.3 is 15.0 Å². The standard InChI is InChI=1S/C22H24ClFN2O3/c1-4-19-22(28)26(11-14-5-6-16(24)10-18(14)23)12-15-9-17(7-8-20(15)29-19)25-21(27)13(2)3/h5-10,13,19H,4,11-12H2,1-3H3,(H,25,27). The summed E-state index contributed by atoms with van der Waals surface area (Å²) in [6, 6.07) is 9.50. The van der Waals surface area contributed by atoms with Gasteiger partial charge in [0.1, 0.15) is 11.6 Å². The molecule has 0 bridgehead atoms. The van der Waals surface area contributed by atoms with Crippen LogP contribution in [0.2, 0.25) is 5.02 Å². The number of halogens is 2. The van der Waals surface area contributed by atoms with Crippen molar-refractivity contribution in [2.24, 2.45) is 5.92 Å². The zero-order valence-corrected chi connectivity index (χ0v) is 17.4. The van der Waals surface area contributed by atoms with Crippen molar-refractivity contribution in [3.63, 3.8) is 0 Å². The number of amides is 2. The fourth-order valence-electron chi connectivity index (χ4n) is 3.12. The van der Waals surface area contributed by atoms with E-state index in [-0.39, 0.29) is 29.3 Å². The number of nitrogens with one attached hydrogen (secondary N) is 1. The van der Waals surface area contributed by atoms with Gasteiger partial charge in [-0.1, -0.05) is 38.4 Å². The van der Waals surface area contributed by atoms with Gasteiger partial charge >= 0.3 is 0 Å². The van der Waals surface area contributed by atoms with Gasteiger partial charge in [-0.3, -0.25) is 9.59 Å². The molecule has 2 aromatic carbocycles. The smallest absolute Gasteiger partial charge is 0.264 e. The van der Waals surface area contributed by atoms with Gasteiger partial charge in [0.2, 0.25) is 5.91 Å². The Labute approximate surface area is 174 Å². The maximum atomic E-state index is 13.4. The average molecular weight is 419 g/mol. The first-order chi connectivity index (χ1) is 13.8. The Bertz CT molecular complexity index is 932. The van der Waals surface area contributed by atoms with Crippen molar-refractivity contribution in [3.05, 3.63) is 58.4 Å². The summed E-state index contributed by atoms with van der Waals surface area (Å²) in [4.78, 5) is 26.7. The molecule has 29 heavy (non-hydrogen) atoms. The summed E-state index contributed by atoms with van der Waals surface area (Å²) < 4.78 is 19.3. The zero-order valence-electron chi connectivity index (χ0n) is 16.7. The first-order valence-corrected chi connectivity index (χ1v) is 9.99. The van der Waals surface area contributed by atoms with E-state index >= 15 is 0 Å². The summed E-state index contributed by atoms with van der Waals surface area (Å²) in [7, 11) is 0. The number of fused-ring (bicyclic) bond motifs is 1. The molecule has 1 heterocycles. The van der Waals surface area contributed by atoms with Gasteiger partial charge in [-0.15, -0.1) is 0 Å². The summed E-state index contributed by atoms with van der Waals surface area (Å²) in [6.07, 6.45) is -0.107. The van der Waals surface area contributed by atoms with Gasteiger partial charge in [0.05, 0.1) is 0 Å². The number of nitrogens with zero attached hydrogens (tertiary/aromatic N) is 1. The Hall–Kier alpha value is -2.60. The van der Waals surface area contributed by atoms with Gasteiger partial charge in [0.25, 0.3) is 5.91 Å². The lowest BCUT2D eigenvalue weighted by Gasteiger charge is -2.24. The number of hydrogen-bond donors (Lipinski definition) is 1. The highest BCUT2D eigenvalue weighted by Crippen LogP contribution is 2.31. The molecule has 154 valence electrons. The minimum Gasteiger partial charge on any atom is -0.480 e. The Morgan fingerprint density at radius 1 is 1.31 bits per heavy atom. The second kappa shape index (κ2) is 8.82. The van der Waals surface area contributed by atoms with Crippen molar-refractivity contribution in [1.29, 1.82) is 0 Å². The van der Waals surface area contributed by atoms with E-state index in [2.05, 4.69) is 5.32 Å². The first kappa shape index (κ1) is 21.1. The lowest BCUT2D eigenvalue weighted by Crippen LogP contribution is -2.38. The summed E-state index contributed by atoms with van der Waals surface area (Å²) >= 11 is 6.16. The summed E-state index contributed by atoms with van der Waals surface area (Å²) in [5.74, 6) is -0.200. The fourth-order valence-corrected chi connectivity index (χ4v) is 3.35. The summed E-state index contributed by atoms with van der Waals surface area (Å²) in [6.45, 7) is 6.05. The summed E-state index contributed by atoms with van der Waals surface area (Å²) in [5.41, 5.74) is 2.09. The average Bonchev–Trinajstić information content (AvgIpc) is 2.80. The van der Waals surface area contributed by atoms with Crippen molar-refractivity contribution in [2.45, 2.75) is 46.4 Å². The predicted molar refractivity (Wildman–Crippen MR) is 110 cm³/mol. The van der Waals surface area contributed by atoms with E-state index in [9.17, 15) is 14.0 Å². The van der Waals surface area contributed by atoms with Crippen LogP contribution in [0.15, 0.2) is 36.4 Å². The van der Waals surface area contributed by atoms with Crippen LogP contribution in [0, 0.1) is 11.7 Å². The van der Waals surface area contributed by atoms with Crippen LogP contribution in [0.4, 0.5) is 10.1 Å². The molecule has 2 aromatic rings. The Kier molecular flexibility index (Phi) is 6.42. The third-order valence-corrected chi connectivity index (χ3v) is 5.17. The third kappa shape index (κ3) is 4.88. The van der Waals surface area contributed by atoms with Gasteiger partial charge in [-0.25, -0.2) is 4.39 Å². The number of carbonyl (C=O) groups excluding carboxylic acids is 2. The lowest BCUT2D eigenvalue weighted by molar-refractivity contribution is -0.139. The third-order valence-electron chi connectivity index (χ3n) is 4.82. The minimum absolute atomic E-state index is 0.0862. The molecular formula is C22H24ClFN2O3. The molecule has 1 atom stereocenters. The van der Waals surface area contributed by atoms with E-state index in [1.165, 1.54) is 12.1 Å². The lowest BCUT2D eigenvalue weighted by atomic mass is 10.1. The molecule has 7 heteroatoms. The van der Waals surface area contributed by atoms with Crippen LogP contribution in [0.3, 0.4) is 0 Å². The molecule has 1 unspecified atom stereocenters. The Balaban J connectivity index is 1.91. The molecule has 1 aliphatic heterocycles. The van der Waals surface area contributed by atoms with Crippen LogP contribution >= 0.6 is 11.6 Å². The van der Waals surface area contributed by atoms with Gasteiger partial charge in [0, 0.05) is 35.3 Å². The number of benzene rings is 2. The number of rotatable bonds is 5. The quantitative estimate of drug-likeness (QED) is 0.760. The van der Waals surface area contributed by atoms with E-state index in [0.29, 0.717) is 30.0 Å². The number of hydrogen-bond acceptors (Lipinski definition) is 3. The van der Waals surface area contributed by atoms with Crippen molar-refractivity contribution in [2.75, 3.05) is 5.32 Å². The molecule has 5 nitrogen and oxygen atoms in total. The molecule has 0 spiro atoms. The van der Waals surface area contributed by atoms with Crippen molar-refractivity contribution in [1.82, 2.24) is 4.90 Å². The second-order valence-corrected chi connectivity index (χ2v) is 7.82. The molecular weight excluding hydrogens is 395 g/mol. The number of anilines is 1. The van der Waals surface area contributed by atoms with E-state index in [1.807, 2.05) is 26.8 Å². The molecule has 0 fully saturated rings. The van der Waals surface area contributed by atoms with Crippen molar-refractivity contribution >= 4 is 29.1 Å². The summed E-state index contributed by atoms with van der Waals surface area (Å²) in [5, 5.41) is 3.14. The van der Waals surface area contributed by atoms with Gasteiger partial charge in [-0.05, 0) is 42.3 Å². The monoisotopic (exact) mass is 418 g/mol. The molecule has 3 rings (SSSR count). The highest BCUT2D eigenvalue weighted by Gasteiger charge is 2.30. The van der Waals surface area contributed by atoms with Crippen molar-refractivity contribution in [3.8, 4) is 5.75 Å². The van der Waals surface area contributed by atoms with Crippen molar-refractivity contribution < 1.29 is 18.7 Å². The molecule has 2 amide bonds. The van der Waals surface area contributed by atoms with E-state index < -0.39 is 11.9 Å². The fraction of sp³-hybridized carbons (Fsp3) is 0.364. The SMILES string of the molecule is CCC1Oc2ccc(NC(=O)C(C)C)cc2CN(Cc2ccc(F)cc2Cl)C1=O. The maximum Gasteiger partial charge on any atom is 0.264 e. The largest absolute Gasteiger partial charge is 0.480 e. The van der Waals surface area contributed by atoms with Crippen LogP contribution in [0.1, 0.15) is 38.3 Å². The molecule has 1 N–H and O–H groups in total. The predicted octanol–water partition coefficient (Wildman–Crippen LogP) is 4.77. The minimum atomic E-state index is -0.619. The zero-order chi connectivity index (χ0) is 21.1. The second-order valence-electron chi connectivity index (χ2n) is 7.41. The normalized spacial score (nSPS) is 16.3. The van der Waals surface area contributed by atoms with Crippen LogP contribution in [0.5, 0.6) is 5.75 Å². The molecule has 0 saturated heterocycles. The highest BCUT2D eigenvalue weighted by atomic mass is 35.5. The number of ether oxygens (including phenoxy) is 1. The van der Waals surface area contributed by atoms with E-state index in [1.54, 1.807) is 23.1 Å². The molecule has 1 aliphatic rings. The molecule has 0 radical (unpaired) electrons. The topological polar surface area (TPSA) is 58.6 Å². The van der Waals surface area contributed by atoms with E-state index in [4.69, 9.17) is 16.3 Å². The number of carbonyl (C=O) groups is 2. The van der Waals surface area contributed by atoms with Gasteiger partial charge in [-0.2, -0.15) is 0 Å². The first-order valence-electron chi connectivity index (χ1n) is 9.61. The highest BCUT2D eigenvalue weighted by molar-refractivity contribution is 6.31. The van der Waals surface area contributed by atoms with Crippen LogP contribution in [-0.2, 0) is 22.7 Å². The Morgan fingerprint density at radius 3 is 2.72 bits per heavy atom. The van der Waals surface area contributed by atoms with Crippen LogP contribution in [-0.4, -0.2) is 22.8 Å². The van der Waals surface area contributed by atoms with Crippen LogP contribution < -0.4 is 10.1 Å². The maximum absolute atomic E-state index is 13.4. The van der Waals surface area contributed by atoms with Crippen LogP contribution in [0.25, 0.3) is 0 Å². The Morgan fingerprint density at radius 2 is 2.07 bits per heavy atom. The van der Waals surface area contributed by atoms with E-state index in [0.717, 1.165) is 5.56 Å².